The van der Waals surface area contributed by atoms with E-state index in [0.717, 1.165) is 26.1 Å². The lowest BCUT2D eigenvalue weighted by Gasteiger charge is -2.37. The van der Waals surface area contributed by atoms with E-state index in [1.807, 2.05) is 0 Å². The van der Waals surface area contributed by atoms with E-state index in [0.29, 0.717) is 12.1 Å². The topological polar surface area (TPSA) is 38.5 Å². The lowest BCUT2D eigenvalue weighted by atomic mass is 9.86. The Morgan fingerprint density at radius 1 is 1.50 bits per heavy atom. The summed E-state index contributed by atoms with van der Waals surface area (Å²) >= 11 is 0. The molecular formula is C11H24N2O. The van der Waals surface area contributed by atoms with Crippen molar-refractivity contribution in [2.75, 3.05) is 26.7 Å². The van der Waals surface area contributed by atoms with Gasteiger partial charge in [0.2, 0.25) is 0 Å². The fraction of sp³-hybridized carbons (Fsp3) is 1.00. The zero-order valence-electron chi connectivity index (χ0n) is 9.92. The number of likely N-dealkylation sites (tertiary alicyclic amines) is 1. The van der Waals surface area contributed by atoms with Crippen molar-refractivity contribution in [1.29, 1.82) is 0 Å². The molecule has 0 amide bonds. The Morgan fingerprint density at radius 3 is 2.50 bits per heavy atom. The molecule has 0 saturated carbocycles. The number of nitrogens with two attached hydrogens (primary N) is 1. The molecule has 1 heterocycles. The Kier molecular flexibility index (Phi) is 3.93. The number of ether oxygens (including phenoxy) is 1. The van der Waals surface area contributed by atoms with Crippen LogP contribution in [0.1, 0.15) is 27.2 Å². The number of rotatable bonds is 3. The van der Waals surface area contributed by atoms with Gasteiger partial charge in [0.1, 0.15) is 0 Å². The highest BCUT2D eigenvalue weighted by Crippen LogP contribution is 2.27. The Bertz CT molecular complexity index is 177. The molecule has 0 aromatic carbocycles. The van der Waals surface area contributed by atoms with Crippen LogP contribution in [0.25, 0.3) is 0 Å². The smallest absolute Gasteiger partial charge is 0.0710 e. The standard InChI is InChI=1S/C11H24N2O/c1-11(2,3)10(7-12)13-6-5-9(8-13)14-4/h9-10H,5-8,12H2,1-4H3. The highest BCUT2D eigenvalue weighted by molar-refractivity contribution is 4.89. The highest BCUT2D eigenvalue weighted by Gasteiger charge is 2.33. The van der Waals surface area contributed by atoms with Gasteiger partial charge in [0.25, 0.3) is 0 Å². The van der Waals surface area contributed by atoms with E-state index in [9.17, 15) is 0 Å². The predicted molar refractivity (Wildman–Crippen MR) is 59.3 cm³/mol. The summed E-state index contributed by atoms with van der Waals surface area (Å²) in [5, 5.41) is 0. The van der Waals surface area contributed by atoms with Gasteiger partial charge in [0.15, 0.2) is 0 Å². The fourth-order valence-corrected chi connectivity index (χ4v) is 2.28. The lowest BCUT2D eigenvalue weighted by molar-refractivity contribution is 0.0803. The van der Waals surface area contributed by atoms with Crippen LogP contribution in [0.3, 0.4) is 0 Å². The van der Waals surface area contributed by atoms with E-state index in [1.54, 1.807) is 7.11 Å². The van der Waals surface area contributed by atoms with Gasteiger partial charge in [-0.2, -0.15) is 0 Å². The van der Waals surface area contributed by atoms with Crippen LogP contribution in [0.4, 0.5) is 0 Å². The van der Waals surface area contributed by atoms with Gasteiger partial charge in [-0.3, -0.25) is 4.90 Å². The summed E-state index contributed by atoms with van der Waals surface area (Å²) in [5.41, 5.74) is 6.10. The first-order valence-corrected chi connectivity index (χ1v) is 5.46. The van der Waals surface area contributed by atoms with Crippen molar-refractivity contribution in [3.63, 3.8) is 0 Å². The van der Waals surface area contributed by atoms with Gasteiger partial charge in [-0.1, -0.05) is 20.8 Å². The predicted octanol–water partition coefficient (Wildman–Crippen LogP) is 1.08. The molecule has 3 nitrogen and oxygen atoms in total. The molecule has 1 aliphatic rings. The molecule has 14 heavy (non-hydrogen) atoms. The third kappa shape index (κ3) is 2.69. The molecule has 0 aromatic rings. The summed E-state index contributed by atoms with van der Waals surface area (Å²) in [6.45, 7) is 9.66. The third-order valence-electron chi connectivity index (χ3n) is 3.17. The summed E-state index contributed by atoms with van der Waals surface area (Å²) in [7, 11) is 1.79. The molecular weight excluding hydrogens is 176 g/mol. The van der Waals surface area contributed by atoms with Crippen LogP contribution >= 0.6 is 0 Å². The van der Waals surface area contributed by atoms with Crippen LogP contribution in [0, 0.1) is 5.41 Å². The maximum atomic E-state index is 5.84. The van der Waals surface area contributed by atoms with Crippen molar-refractivity contribution >= 4 is 0 Å². The zero-order valence-corrected chi connectivity index (χ0v) is 9.92. The van der Waals surface area contributed by atoms with E-state index in [2.05, 4.69) is 25.7 Å². The van der Waals surface area contributed by atoms with Gasteiger partial charge < -0.3 is 10.5 Å². The molecule has 2 N–H and O–H groups in total. The normalized spacial score (nSPS) is 26.8. The van der Waals surface area contributed by atoms with Gasteiger partial charge in [0, 0.05) is 32.8 Å². The van der Waals surface area contributed by atoms with Gasteiger partial charge in [-0.25, -0.2) is 0 Å². The molecule has 1 saturated heterocycles. The number of methoxy groups -OCH3 is 1. The molecule has 2 unspecified atom stereocenters. The Labute approximate surface area is 87.6 Å². The van der Waals surface area contributed by atoms with E-state index < -0.39 is 0 Å². The quantitative estimate of drug-likeness (QED) is 0.741. The summed E-state index contributed by atoms with van der Waals surface area (Å²) in [5.74, 6) is 0. The minimum atomic E-state index is 0.261. The molecule has 0 radical (unpaired) electrons. The molecule has 0 aromatic heterocycles. The van der Waals surface area contributed by atoms with Crippen molar-refractivity contribution in [2.24, 2.45) is 11.1 Å². The number of hydrogen-bond donors (Lipinski definition) is 1. The maximum absolute atomic E-state index is 5.84. The minimum absolute atomic E-state index is 0.261. The number of nitrogens with zero attached hydrogens (tertiary/aromatic N) is 1. The summed E-state index contributed by atoms with van der Waals surface area (Å²) in [6, 6.07) is 0.475. The molecule has 0 aliphatic carbocycles. The SMILES string of the molecule is COC1CCN(C(CN)C(C)(C)C)C1. The summed E-state index contributed by atoms with van der Waals surface area (Å²) in [6.07, 6.45) is 1.55. The van der Waals surface area contributed by atoms with Gasteiger partial charge in [-0.15, -0.1) is 0 Å². The maximum Gasteiger partial charge on any atom is 0.0710 e. The van der Waals surface area contributed by atoms with Crippen LogP contribution in [0.15, 0.2) is 0 Å². The second kappa shape index (κ2) is 4.60. The van der Waals surface area contributed by atoms with Crippen LogP contribution in [-0.4, -0.2) is 43.8 Å². The summed E-state index contributed by atoms with van der Waals surface area (Å²) in [4.78, 5) is 2.47. The first-order chi connectivity index (χ1) is 6.49. The van der Waals surface area contributed by atoms with Gasteiger partial charge >= 0.3 is 0 Å². The minimum Gasteiger partial charge on any atom is -0.380 e. The molecule has 0 bridgehead atoms. The average Bonchev–Trinajstić information content (AvgIpc) is 2.51. The van der Waals surface area contributed by atoms with E-state index in [-0.39, 0.29) is 5.41 Å². The Morgan fingerprint density at radius 2 is 2.14 bits per heavy atom. The van der Waals surface area contributed by atoms with E-state index in [4.69, 9.17) is 10.5 Å². The van der Waals surface area contributed by atoms with Crippen molar-refractivity contribution in [1.82, 2.24) is 4.90 Å². The Hall–Kier alpha value is -0.120. The molecule has 1 rings (SSSR count). The molecule has 1 fully saturated rings. The van der Waals surface area contributed by atoms with Crippen LogP contribution in [-0.2, 0) is 4.74 Å². The second-order valence-electron chi connectivity index (χ2n) is 5.26. The van der Waals surface area contributed by atoms with Crippen LogP contribution in [0.2, 0.25) is 0 Å². The molecule has 2 atom stereocenters. The fourth-order valence-electron chi connectivity index (χ4n) is 2.28. The van der Waals surface area contributed by atoms with Gasteiger partial charge in [0.05, 0.1) is 6.10 Å². The first-order valence-electron chi connectivity index (χ1n) is 5.46. The highest BCUT2D eigenvalue weighted by atomic mass is 16.5. The lowest BCUT2D eigenvalue weighted by Crippen LogP contribution is -2.48. The largest absolute Gasteiger partial charge is 0.380 e. The summed E-state index contributed by atoms with van der Waals surface area (Å²) < 4.78 is 5.37. The zero-order chi connectivity index (χ0) is 10.8. The molecule has 0 spiro atoms. The molecule has 1 aliphatic heterocycles. The van der Waals surface area contributed by atoms with Crippen LogP contribution < -0.4 is 5.73 Å². The van der Waals surface area contributed by atoms with E-state index in [1.165, 1.54) is 0 Å². The average molecular weight is 200 g/mol. The van der Waals surface area contributed by atoms with Crippen molar-refractivity contribution < 1.29 is 4.74 Å². The number of hydrogen-bond acceptors (Lipinski definition) is 3. The van der Waals surface area contributed by atoms with Crippen molar-refractivity contribution in [3.05, 3.63) is 0 Å². The monoisotopic (exact) mass is 200 g/mol. The third-order valence-corrected chi connectivity index (χ3v) is 3.17. The molecule has 3 heteroatoms. The second-order valence-corrected chi connectivity index (χ2v) is 5.26. The first kappa shape index (κ1) is 12.0. The van der Waals surface area contributed by atoms with Crippen LogP contribution in [0.5, 0.6) is 0 Å². The van der Waals surface area contributed by atoms with Crippen molar-refractivity contribution in [3.8, 4) is 0 Å². The van der Waals surface area contributed by atoms with E-state index >= 15 is 0 Å². The van der Waals surface area contributed by atoms with Gasteiger partial charge in [-0.05, 0) is 11.8 Å². The van der Waals surface area contributed by atoms with Crippen molar-refractivity contribution in [2.45, 2.75) is 39.3 Å². The molecule has 84 valence electrons. The Balaban J connectivity index is 2.55.